The fraction of sp³-hybridized carbons (Fsp3) is 0.312. The van der Waals surface area contributed by atoms with E-state index in [4.69, 9.17) is 4.74 Å². The third-order valence-corrected chi connectivity index (χ3v) is 2.88. The van der Waals surface area contributed by atoms with Crippen molar-refractivity contribution in [3.63, 3.8) is 0 Å². The monoisotopic (exact) mass is 292 g/mol. The molecule has 0 saturated carbocycles. The number of nitrogens with zero attached hydrogens (tertiary/aromatic N) is 1. The van der Waals surface area contributed by atoms with Crippen molar-refractivity contribution in [3.8, 4) is 11.5 Å². The van der Waals surface area contributed by atoms with Crippen LogP contribution >= 0.6 is 0 Å². The highest BCUT2D eigenvalue weighted by Crippen LogP contribution is 2.28. The molecular weight excluding hydrogens is 274 g/mol. The topological polar surface area (TPSA) is 34.1 Å². The highest BCUT2D eigenvalue weighted by atomic mass is 19.1. The Morgan fingerprint density at radius 2 is 1.86 bits per heavy atom. The number of hydrogen-bond donors (Lipinski definition) is 1. The molecule has 0 atom stereocenters. The first-order chi connectivity index (χ1) is 9.95. The SMILES string of the molecule is Cc1ccc(Oc2c(F)cc(CNC(C)C)cc2F)cn1. The number of ether oxygens (including phenoxy) is 1. The lowest BCUT2D eigenvalue weighted by molar-refractivity contribution is 0.404. The van der Waals surface area contributed by atoms with Gasteiger partial charge in [0.2, 0.25) is 0 Å². The standard InChI is InChI=1S/C16H18F2N2O/c1-10(2)19-8-12-6-14(17)16(15(18)7-12)21-13-5-4-11(3)20-9-13/h4-7,9-10,19H,8H2,1-3H3. The maximum atomic E-state index is 14.0. The number of hydrogen-bond acceptors (Lipinski definition) is 3. The van der Waals surface area contributed by atoms with Gasteiger partial charge in [0, 0.05) is 18.3 Å². The van der Waals surface area contributed by atoms with Crippen LogP contribution in [0.2, 0.25) is 0 Å². The van der Waals surface area contributed by atoms with Crippen LogP contribution < -0.4 is 10.1 Å². The van der Waals surface area contributed by atoms with Gasteiger partial charge in [0.25, 0.3) is 0 Å². The highest BCUT2D eigenvalue weighted by Gasteiger charge is 2.14. The van der Waals surface area contributed by atoms with E-state index in [2.05, 4.69) is 10.3 Å². The molecule has 0 aliphatic heterocycles. The van der Waals surface area contributed by atoms with Gasteiger partial charge in [-0.05, 0) is 36.8 Å². The molecule has 0 aliphatic rings. The Labute approximate surface area is 123 Å². The molecule has 2 rings (SSSR count). The summed E-state index contributed by atoms with van der Waals surface area (Å²) in [5.74, 6) is -1.56. The molecule has 3 nitrogen and oxygen atoms in total. The number of nitrogens with one attached hydrogen (secondary N) is 1. The van der Waals surface area contributed by atoms with E-state index in [9.17, 15) is 8.78 Å². The highest BCUT2D eigenvalue weighted by molar-refractivity contribution is 5.35. The third kappa shape index (κ3) is 4.23. The molecule has 0 saturated heterocycles. The minimum absolute atomic E-state index is 0.241. The second-order valence-corrected chi connectivity index (χ2v) is 5.16. The first-order valence-corrected chi connectivity index (χ1v) is 6.77. The van der Waals surface area contributed by atoms with Gasteiger partial charge in [-0.3, -0.25) is 4.98 Å². The molecule has 0 fully saturated rings. The number of rotatable bonds is 5. The van der Waals surface area contributed by atoms with E-state index in [0.717, 1.165) is 5.69 Å². The summed E-state index contributed by atoms with van der Waals surface area (Å²) < 4.78 is 33.2. The van der Waals surface area contributed by atoms with Gasteiger partial charge in [-0.15, -0.1) is 0 Å². The van der Waals surface area contributed by atoms with Gasteiger partial charge in [-0.1, -0.05) is 13.8 Å². The Kier molecular flexibility index (Phi) is 4.85. The van der Waals surface area contributed by atoms with Crippen molar-refractivity contribution in [2.75, 3.05) is 0 Å². The van der Waals surface area contributed by atoms with Crippen LogP contribution in [0.25, 0.3) is 0 Å². The Morgan fingerprint density at radius 3 is 2.38 bits per heavy atom. The second kappa shape index (κ2) is 6.63. The normalized spacial score (nSPS) is 11.0. The van der Waals surface area contributed by atoms with Gasteiger partial charge in [0.1, 0.15) is 5.75 Å². The zero-order valence-electron chi connectivity index (χ0n) is 12.3. The molecule has 2 aromatic rings. The molecule has 0 amide bonds. The zero-order chi connectivity index (χ0) is 15.4. The Bertz CT molecular complexity index is 589. The van der Waals surface area contributed by atoms with Crippen LogP contribution in [0.5, 0.6) is 11.5 Å². The minimum Gasteiger partial charge on any atom is -0.450 e. The molecule has 1 aromatic heterocycles. The maximum Gasteiger partial charge on any atom is 0.198 e. The summed E-state index contributed by atoms with van der Waals surface area (Å²) >= 11 is 0. The summed E-state index contributed by atoms with van der Waals surface area (Å²) in [4.78, 5) is 4.02. The van der Waals surface area contributed by atoms with Gasteiger partial charge in [0.15, 0.2) is 17.4 Å². The molecule has 1 aromatic carbocycles. The zero-order valence-corrected chi connectivity index (χ0v) is 12.3. The number of halogens is 2. The van der Waals surface area contributed by atoms with Crippen molar-refractivity contribution in [2.24, 2.45) is 0 Å². The summed E-state index contributed by atoms with van der Waals surface area (Å²) in [6.45, 7) is 6.16. The predicted molar refractivity (Wildman–Crippen MR) is 77.4 cm³/mol. The van der Waals surface area contributed by atoms with Crippen molar-refractivity contribution in [2.45, 2.75) is 33.4 Å². The molecule has 0 aliphatic carbocycles. The smallest absolute Gasteiger partial charge is 0.198 e. The first-order valence-electron chi connectivity index (χ1n) is 6.77. The average molecular weight is 292 g/mol. The lowest BCUT2D eigenvalue weighted by atomic mass is 10.2. The van der Waals surface area contributed by atoms with Crippen LogP contribution in [-0.2, 0) is 6.54 Å². The molecular formula is C16H18F2N2O. The predicted octanol–water partition coefficient (Wildman–Crippen LogP) is 3.96. The largest absolute Gasteiger partial charge is 0.450 e. The number of pyridine rings is 1. The van der Waals surface area contributed by atoms with Crippen molar-refractivity contribution < 1.29 is 13.5 Å². The van der Waals surface area contributed by atoms with E-state index < -0.39 is 17.4 Å². The van der Waals surface area contributed by atoms with Crippen LogP contribution in [0.3, 0.4) is 0 Å². The molecule has 0 bridgehead atoms. The summed E-state index contributed by atoms with van der Waals surface area (Å²) in [6, 6.07) is 6.12. The summed E-state index contributed by atoms with van der Waals surface area (Å²) in [5.41, 5.74) is 1.34. The van der Waals surface area contributed by atoms with E-state index in [1.54, 1.807) is 12.1 Å². The van der Waals surface area contributed by atoms with Crippen LogP contribution in [0.1, 0.15) is 25.1 Å². The Hall–Kier alpha value is -2.01. The quantitative estimate of drug-likeness (QED) is 0.905. The van der Waals surface area contributed by atoms with Gasteiger partial charge in [0.05, 0.1) is 6.20 Å². The van der Waals surface area contributed by atoms with E-state index >= 15 is 0 Å². The first kappa shape index (κ1) is 15.4. The molecule has 0 spiro atoms. The van der Waals surface area contributed by atoms with Crippen molar-refractivity contribution >= 4 is 0 Å². The summed E-state index contributed by atoms with van der Waals surface area (Å²) in [7, 11) is 0. The molecule has 0 radical (unpaired) electrons. The Balaban J connectivity index is 2.18. The van der Waals surface area contributed by atoms with E-state index in [0.29, 0.717) is 17.9 Å². The van der Waals surface area contributed by atoms with E-state index in [1.165, 1.54) is 18.3 Å². The fourth-order valence-electron chi connectivity index (χ4n) is 1.77. The molecule has 1 heterocycles. The van der Waals surface area contributed by atoms with E-state index in [1.807, 2.05) is 20.8 Å². The van der Waals surface area contributed by atoms with Crippen LogP contribution in [0.4, 0.5) is 8.78 Å². The van der Waals surface area contributed by atoms with Gasteiger partial charge >= 0.3 is 0 Å². The van der Waals surface area contributed by atoms with Crippen molar-refractivity contribution in [1.29, 1.82) is 0 Å². The van der Waals surface area contributed by atoms with Crippen LogP contribution in [-0.4, -0.2) is 11.0 Å². The lowest BCUT2D eigenvalue weighted by Crippen LogP contribution is -2.22. The number of benzene rings is 1. The Morgan fingerprint density at radius 1 is 1.19 bits per heavy atom. The number of aryl methyl sites for hydroxylation is 1. The van der Waals surface area contributed by atoms with Gasteiger partial charge in [-0.2, -0.15) is 0 Å². The molecule has 112 valence electrons. The molecule has 1 N–H and O–H groups in total. The van der Waals surface area contributed by atoms with Gasteiger partial charge in [-0.25, -0.2) is 8.78 Å². The average Bonchev–Trinajstić information content (AvgIpc) is 2.42. The maximum absolute atomic E-state index is 14.0. The fourth-order valence-corrected chi connectivity index (χ4v) is 1.77. The van der Waals surface area contributed by atoms with Crippen LogP contribution in [0, 0.1) is 18.6 Å². The van der Waals surface area contributed by atoms with Gasteiger partial charge < -0.3 is 10.1 Å². The summed E-state index contributed by atoms with van der Waals surface area (Å²) in [6.07, 6.45) is 1.43. The minimum atomic E-state index is -0.726. The summed E-state index contributed by atoms with van der Waals surface area (Å²) in [5, 5.41) is 3.11. The van der Waals surface area contributed by atoms with Crippen molar-refractivity contribution in [1.82, 2.24) is 10.3 Å². The van der Waals surface area contributed by atoms with Crippen molar-refractivity contribution in [3.05, 3.63) is 53.4 Å². The third-order valence-electron chi connectivity index (χ3n) is 2.88. The second-order valence-electron chi connectivity index (χ2n) is 5.16. The number of aromatic nitrogens is 1. The van der Waals surface area contributed by atoms with Crippen LogP contribution in [0.15, 0.2) is 30.5 Å². The lowest BCUT2D eigenvalue weighted by Gasteiger charge is -2.11. The molecule has 0 unspecified atom stereocenters. The van der Waals surface area contributed by atoms with E-state index in [-0.39, 0.29) is 6.04 Å². The molecule has 5 heteroatoms. The molecule has 21 heavy (non-hydrogen) atoms.